The van der Waals surface area contributed by atoms with Crippen LogP contribution in [-0.2, 0) is 9.53 Å². The number of carbonyl (C=O) groups excluding carboxylic acids is 2. The highest BCUT2D eigenvalue weighted by atomic mass is 16.5. The van der Waals surface area contributed by atoms with Crippen LogP contribution in [0.15, 0.2) is 52.8 Å². The van der Waals surface area contributed by atoms with Gasteiger partial charge in [-0.25, -0.2) is 9.78 Å². The third kappa shape index (κ3) is 4.50. The zero-order valence-electron chi connectivity index (χ0n) is 16.4. The van der Waals surface area contributed by atoms with Gasteiger partial charge in [0, 0.05) is 0 Å². The van der Waals surface area contributed by atoms with E-state index in [1.165, 1.54) is 12.3 Å². The lowest BCUT2D eigenvalue weighted by Gasteiger charge is -2.20. The molecule has 0 saturated heterocycles. The molecule has 0 fully saturated rings. The summed E-state index contributed by atoms with van der Waals surface area (Å²) in [6.07, 6.45) is 1.35. The quantitative estimate of drug-likeness (QED) is 0.310. The number of allylic oxidation sites excluding steroid dienone is 1. The number of benzene rings is 1. The van der Waals surface area contributed by atoms with Gasteiger partial charge in [0.2, 0.25) is 0 Å². The number of aliphatic hydroxyl groups excluding tert-OH is 1. The number of esters is 1. The molecule has 0 unspecified atom stereocenters. The average Bonchev–Trinajstić information content (AvgIpc) is 3.40. The number of hydrogen-bond acceptors (Lipinski definition) is 7. The van der Waals surface area contributed by atoms with Crippen molar-refractivity contribution in [2.45, 2.75) is 19.9 Å². The van der Waals surface area contributed by atoms with E-state index in [1.807, 2.05) is 12.1 Å². The van der Waals surface area contributed by atoms with E-state index in [4.69, 9.17) is 9.15 Å². The van der Waals surface area contributed by atoms with Gasteiger partial charge in [0.05, 0.1) is 17.3 Å². The van der Waals surface area contributed by atoms with E-state index in [9.17, 15) is 20.0 Å². The lowest BCUT2D eigenvalue weighted by molar-refractivity contribution is -0.146. The normalized spacial score (nSPS) is 12.9. The molecule has 9 nitrogen and oxygen atoms in total. The maximum Gasteiger partial charge on any atom is 0.329 e. The molecule has 2 heterocycles. The minimum atomic E-state index is -0.966. The molecule has 3 rings (SSSR count). The van der Waals surface area contributed by atoms with Crippen molar-refractivity contribution in [3.05, 3.63) is 60.0 Å². The number of nitrogens with one attached hydrogen (secondary N) is 2. The first-order valence-corrected chi connectivity index (χ1v) is 9.19. The summed E-state index contributed by atoms with van der Waals surface area (Å²) in [6.45, 7) is 2.93. The number of H-pyrrole nitrogens is 1. The highest BCUT2D eigenvalue weighted by Gasteiger charge is 2.27. The summed E-state index contributed by atoms with van der Waals surface area (Å²) < 4.78 is 10.2. The third-order valence-corrected chi connectivity index (χ3v) is 4.33. The first kappa shape index (κ1) is 20.7. The second-order valence-electron chi connectivity index (χ2n) is 6.82. The van der Waals surface area contributed by atoms with Crippen molar-refractivity contribution < 1.29 is 23.8 Å². The predicted molar refractivity (Wildman–Crippen MR) is 107 cm³/mol. The number of aliphatic hydroxyl groups is 1. The number of nitriles is 1. The zero-order valence-corrected chi connectivity index (χ0v) is 16.4. The van der Waals surface area contributed by atoms with Crippen LogP contribution < -0.4 is 5.32 Å². The summed E-state index contributed by atoms with van der Waals surface area (Å²) in [5.41, 5.74) is 1.19. The van der Waals surface area contributed by atoms with Crippen molar-refractivity contribution in [3.8, 4) is 6.07 Å². The Labute approximate surface area is 172 Å². The molecule has 0 aliphatic carbocycles. The van der Waals surface area contributed by atoms with E-state index in [0.29, 0.717) is 11.0 Å². The maximum absolute atomic E-state index is 12.5. The van der Waals surface area contributed by atoms with Crippen molar-refractivity contribution in [2.24, 2.45) is 5.92 Å². The average molecular weight is 408 g/mol. The molecule has 1 atom stereocenters. The van der Waals surface area contributed by atoms with Crippen LogP contribution in [0, 0.1) is 17.2 Å². The number of amides is 1. The van der Waals surface area contributed by atoms with E-state index in [-0.39, 0.29) is 23.1 Å². The Balaban J connectivity index is 1.71. The van der Waals surface area contributed by atoms with Gasteiger partial charge in [-0.15, -0.1) is 0 Å². The summed E-state index contributed by atoms with van der Waals surface area (Å²) >= 11 is 0. The first-order valence-electron chi connectivity index (χ1n) is 9.19. The molecule has 0 bridgehead atoms. The summed E-state index contributed by atoms with van der Waals surface area (Å²) in [6, 6.07) is 11.1. The maximum atomic E-state index is 12.5. The fraction of sp³-hybridized carbons (Fsp3) is 0.238. The standard InChI is InChI=1S/C21H20N4O5/c1-12(2)18(25-20(27)17-8-5-9-29-17)21(28)30-11-16(26)13(10-22)19-23-14-6-3-4-7-15(14)24-19/h3-9,12,18,26H,11H2,1-2H3,(H,23,24)(H,25,27)/b16-13-/t18-/m1/s1. The van der Waals surface area contributed by atoms with Gasteiger partial charge in [-0.05, 0) is 30.2 Å². The van der Waals surface area contributed by atoms with Crippen LogP contribution in [0.3, 0.4) is 0 Å². The Hall–Kier alpha value is -4.06. The van der Waals surface area contributed by atoms with Crippen molar-refractivity contribution in [1.29, 1.82) is 5.26 Å². The van der Waals surface area contributed by atoms with E-state index >= 15 is 0 Å². The Bertz CT molecular complexity index is 1090. The van der Waals surface area contributed by atoms with Crippen molar-refractivity contribution in [1.82, 2.24) is 15.3 Å². The fourth-order valence-electron chi connectivity index (χ4n) is 2.74. The molecule has 30 heavy (non-hydrogen) atoms. The van der Waals surface area contributed by atoms with Crippen LogP contribution in [0.4, 0.5) is 0 Å². The van der Waals surface area contributed by atoms with Crippen LogP contribution in [0.5, 0.6) is 0 Å². The number of carbonyl (C=O) groups is 2. The summed E-state index contributed by atoms with van der Waals surface area (Å²) in [4.78, 5) is 31.8. The number of fused-ring (bicyclic) bond motifs is 1. The molecule has 0 aliphatic rings. The SMILES string of the molecule is CC(C)[C@@H](NC(=O)c1ccco1)C(=O)OC/C(O)=C(\C#N)c1nc2ccccc2[nH]1. The molecule has 0 aliphatic heterocycles. The number of rotatable bonds is 7. The van der Waals surface area contributed by atoms with Crippen LogP contribution in [0.2, 0.25) is 0 Å². The molecule has 2 aromatic heterocycles. The molecule has 0 saturated carbocycles. The minimum absolute atomic E-state index is 0.0628. The van der Waals surface area contributed by atoms with Crippen LogP contribution in [0.1, 0.15) is 30.2 Å². The van der Waals surface area contributed by atoms with Crippen LogP contribution >= 0.6 is 0 Å². The molecule has 0 radical (unpaired) electrons. The van der Waals surface area contributed by atoms with Gasteiger partial charge in [0.25, 0.3) is 5.91 Å². The van der Waals surface area contributed by atoms with Gasteiger partial charge >= 0.3 is 5.97 Å². The van der Waals surface area contributed by atoms with Gasteiger partial charge in [0.15, 0.2) is 17.3 Å². The second-order valence-corrected chi connectivity index (χ2v) is 6.82. The largest absolute Gasteiger partial charge is 0.507 e. The lowest BCUT2D eigenvalue weighted by Crippen LogP contribution is -2.45. The molecule has 3 N–H and O–H groups in total. The monoisotopic (exact) mass is 408 g/mol. The summed E-state index contributed by atoms with van der Waals surface area (Å²) in [7, 11) is 0. The molecule has 1 amide bonds. The molecule has 9 heteroatoms. The number of nitrogens with zero attached hydrogens (tertiary/aromatic N) is 2. The van der Waals surface area contributed by atoms with Crippen LogP contribution in [0.25, 0.3) is 16.6 Å². The van der Waals surface area contributed by atoms with Gasteiger partial charge < -0.3 is 24.6 Å². The third-order valence-electron chi connectivity index (χ3n) is 4.33. The summed E-state index contributed by atoms with van der Waals surface area (Å²) in [5, 5.41) is 22.3. The molecule has 154 valence electrons. The number of imidazole rings is 1. The number of hydrogen-bond donors (Lipinski definition) is 3. The topological polar surface area (TPSA) is 141 Å². The van der Waals surface area contributed by atoms with Crippen molar-refractivity contribution in [3.63, 3.8) is 0 Å². The lowest BCUT2D eigenvalue weighted by atomic mass is 10.0. The van der Waals surface area contributed by atoms with Gasteiger partial charge in [-0.2, -0.15) is 5.26 Å². The molecular formula is C21H20N4O5. The fourth-order valence-corrected chi connectivity index (χ4v) is 2.74. The molecular weight excluding hydrogens is 388 g/mol. The number of aromatic nitrogens is 2. The van der Waals surface area contributed by atoms with Gasteiger partial charge in [-0.3, -0.25) is 4.79 Å². The number of aromatic amines is 1. The van der Waals surface area contributed by atoms with Gasteiger partial charge in [0.1, 0.15) is 24.3 Å². The smallest absolute Gasteiger partial charge is 0.329 e. The van der Waals surface area contributed by atoms with E-state index in [2.05, 4.69) is 15.3 Å². The molecule has 3 aromatic rings. The Kier molecular flexibility index (Phi) is 6.17. The summed E-state index contributed by atoms with van der Waals surface area (Å²) in [5.74, 6) is -1.82. The molecule has 1 aromatic carbocycles. The number of furan rings is 1. The van der Waals surface area contributed by atoms with E-state index in [1.54, 1.807) is 38.1 Å². The minimum Gasteiger partial charge on any atom is -0.507 e. The Morgan fingerprint density at radius 2 is 2.07 bits per heavy atom. The van der Waals surface area contributed by atoms with Gasteiger partial charge in [-0.1, -0.05) is 26.0 Å². The van der Waals surface area contributed by atoms with E-state index < -0.39 is 30.3 Å². The Morgan fingerprint density at radius 1 is 1.30 bits per heavy atom. The molecule has 0 spiro atoms. The predicted octanol–water partition coefficient (Wildman–Crippen LogP) is 2.95. The van der Waals surface area contributed by atoms with E-state index in [0.717, 1.165) is 0 Å². The first-order chi connectivity index (χ1) is 14.4. The highest BCUT2D eigenvalue weighted by molar-refractivity contribution is 5.94. The van der Waals surface area contributed by atoms with Crippen LogP contribution in [-0.4, -0.2) is 39.6 Å². The highest BCUT2D eigenvalue weighted by Crippen LogP contribution is 2.19. The number of ether oxygens (including phenoxy) is 1. The van der Waals surface area contributed by atoms with Crippen molar-refractivity contribution in [2.75, 3.05) is 6.61 Å². The zero-order chi connectivity index (χ0) is 21.7. The number of para-hydroxylation sites is 2. The van der Waals surface area contributed by atoms with Crippen molar-refractivity contribution >= 4 is 28.5 Å². The Morgan fingerprint density at radius 3 is 2.70 bits per heavy atom. The second kappa shape index (κ2) is 8.96.